The Bertz CT molecular complexity index is 574. The molecule has 0 unspecified atom stereocenters. The molecule has 1 aromatic rings. The Morgan fingerprint density at radius 3 is 2.46 bits per heavy atom. The van der Waals surface area contributed by atoms with Crippen LogP contribution in [0.25, 0.3) is 0 Å². The van der Waals surface area contributed by atoms with Gasteiger partial charge in [0, 0.05) is 38.8 Å². The molecule has 6 nitrogen and oxygen atoms in total. The summed E-state index contributed by atoms with van der Waals surface area (Å²) in [7, 11) is 2.13. The Hall–Kier alpha value is -2.10. The highest BCUT2D eigenvalue weighted by atomic mass is 16.5. The van der Waals surface area contributed by atoms with E-state index in [2.05, 4.69) is 35.2 Å². The monoisotopic (exact) mass is 330 g/mol. The molecule has 1 N–H and O–H groups in total. The molecule has 1 aromatic carbocycles. The van der Waals surface area contributed by atoms with Crippen molar-refractivity contribution >= 4 is 5.91 Å². The van der Waals surface area contributed by atoms with Crippen molar-refractivity contribution in [3.63, 3.8) is 0 Å². The van der Waals surface area contributed by atoms with E-state index in [0.717, 1.165) is 26.2 Å². The molecule has 0 bridgehead atoms. The van der Waals surface area contributed by atoms with Crippen molar-refractivity contribution in [3.8, 4) is 11.8 Å². The molecule has 1 heterocycles. The Balaban J connectivity index is 1.75. The Morgan fingerprint density at radius 1 is 1.25 bits per heavy atom. The molecule has 2 atom stereocenters. The van der Waals surface area contributed by atoms with Crippen LogP contribution in [0.5, 0.6) is 5.75 Å². The number of rotatable bonds is 6. The molecule has 130 valence electrons. The molecule has 1 fully saturated rings. The van der Waals surface area contributed by atoms with Crippen LogP contribution in [0.2, 0.25) is 0 Å². The van der Waals surface area contributed by atoms with Gasteiger partial charge in [-0.2, -0.15) is 5.26 Å². The first-order valence-corrected chi connectivity index (χ1v) is 8.36. The van der Waals surface area contributed by atoms with E-state index in [0.29, 0.717) is 23.9 Å². The molecule has 1 saturated heterocycles. The van der Waals surface area contributed by atoms with Crippen LogP contribution in [0.4, 0.5) is 0 Å². The molecular weight excluding hydrogens is 304 g/mol. The fourth-order valence-corrected chi connectivity index (χ4v) is 2.65. The number of ether oxygens (including phenoxy) is 1. The van der Waals surface area contributed by atoms with E-state index in [1.54, 1.807) is 31.2 Å². The van der Waals surface area contributed by atoms with Gasteiger partial charge in [-0.15, -0.1) is 0 Å². The smallest absolute Gasteiger partial charge is 0.260 e. The number of hydrogen-bond acceptors (Lipinski definition) is 5. The zero-order valence-electron chi connectivity index (χ0n) is 14.7. The normalized spacial score (nSPS) is 18.4. The summed E-state index contributed by atoms with van der Waals surface area (Å²) in [5, 5.41) is 11.7. The largest absolute Gasteiger partial charge is 0.481 e. The third-order valence-corrected chi connectivity index (χ3v) is 4.40. The number of benzene rings is 1. The molecule has 1 aliphatic heterocycles. The average Bonchev–Trinajstić information content (AvgIpc) is 2.60. The minimum Gasteiger partial charge on any atom is -0.481 e. The topological polar surface area (TPSA) is 68.6 Å². The summed E-state index contributed by atoms with van der Waals surface area (Å²) in [5.41, 5.74) is 0.570. The van der Waals surface area contributed by atoms with Crippen molar-refractivity contribution in [2.45, 2.75) is 26.0 Å². The van der Waals surface area contributed by atoms with E-state index in [4.69, 9.17) is 10.00 Å². The summed E-state index contributed by atoms with van der Waals surface area (Å²) in [6.45, 7) is 8.68. The van der Waals surface area contributed by atoms with E-state index in [-0.39, 0.29) is 5.91 Å². The van der Waals surface area contributed by atoms with Crippen LogP contribution < -0.4 is 10.1 Å². The highest BCUT2D eigenvalue weighted by Gasteiger charge is 2.21. The number of nitrogens with zero attached hydrogens (tertiary/aromatic N) is 3. The number of amides is 1. The van der Waals surface area contributed by atoms with Gasteiger partial charge in [0.2, 0.25) is 0 Å². The minimum absolute atomic E-state index is 0.125. The first-order chi connectivity index (χ1) is 11.5. The number of nitriles is 1. The molecule has 0 aromatic heterocycles. The molecular formula is C18H26N4O2. The van der Waals surface area contributed by atoms with Crippen molar-refractivity contribution in [1.82, 2.24) is 15.1 Å². The number of nitrogens with one attached hydrogen (secondary N) is 1. The molecule has 1 aliphatic rings. The fraction of sp³-hybridized carbons (Fsp3) is 0.556. The summed E-state index contributed by atoms with van der Waals surface area (Å²) in [6, 6.07) is 9.12. The van der Waals surface area contributed by atoms with Gasteiger partial charge in [-0.3, -0.25) is 9.69 Å². The molecule has 0 radical (unpaired) electrons. The summed E-state index contributed by atoms with van der Waals surface area (Å²) >= 11 is 0. The lowest BCUT2D eigenvalue weighted by Crippen LogP contribution is -2.52. The van der Waals surface area contributed by atoms with Gasteiger partial charge in [0.25, 0.3) is 5.91 Å². The number of carbonyl (C=O) groups excluding carboxylic acids is 1. The Morgan fingerprint density at radius 2 is 1.88 bits per heavy atom. The first-order valence-electron chi connectivity index (χ1n) is 8.36. The summed E-state index contributed by atoms with van der Waals surface area (Å²) < 4.78 is 5.63. The van der Waals surface area contributed by atoms with Crippen molar-refractivity contribution in [3.05, 3.63) is 29.8 Å². The molecule has 24 heavy (non-hydrogen) atoms. The summed E-state index contributed by atoms with van der Waals surface area (Å²) in [5.74, 6) is 0.462. The van der Waals surface area contributed by atoms with Crippen LogP contribution in [0, 0.1) is 11.3 Å². The van der Waals surface area contributed by atoms with Gasteiger partial charge < -0.3 is 15.0 Å². The van der Waals surface area contributed by atoms with Crippen molar-refractivity contribution in [2.24, 2.45) is 0 Å². The number of carbonyl (C=O) groups is 1. The highest BCUT2D eigenvalue weighted by molar-refractivity contribution is 5.80. The van der Waals surface area contributed by atoms with E-state index in [9.17, 15) is 4.79 Å². The molecule has 0 aliphatic carbocycles. The maximum Gasteiger partial charge on any atom is 0.260 e. The number of piperazine rings is 1. The predicted molar refractivity (Wildman–Crippen MR) is 92.8 cm³/mol. The maximum atomic E-state index is 12.2. The second-order valence-corrected chi connectivity index (χ2v) is 6.33. The summed E-state index contributed by atoms with van der Waals surface area (Å²) in [6.07, 6.45) is -0.572. The predicted octanol–water partition coefficient (Wildman–Crippen LogP) is 1.08. The minimum atomic E-state index is -0.572. The van der Waals surface area contributed by atoms with Crippen LogP contribution in [-0.2, 0) is 4.79 Å². The highest BCUT2D eigenvalue weighted by Crippen LogP contribution is 2.13. The van der Waals surface area contributed by atoms with E-state index < -0.39 is 6.10 Å². The zero-order valence-corrected chi connectivity index (χ0v) is 14.7. The van der Waals surface area contributed by atoms with Crippen LogP contribution in [0.3, 0.4) is 0 Å². The van der Waals surface area contributed by atoms with E-state index in [1.165, 1.54) is 0 Å². The number of hydrogen-bond donors (Lipinski definition) is 1. The van der Waals surface area contributed by atoms with Crippen molar-refractivity contribution in [1.29, 1.82) is 5.26 Å². The lowest BCUT2D eigenvalue weighted by Gasteiger charge is -2.36. The molecule has 6 heteroatoms. The second-order valence-electron chi connectivity index (χ2n) is 6.33. The van der Waals surface area contributed by atoms with Crippen molar-refractivity contribution < 1.29 is 9.53 Å². The molecule has 0 saturated carbocycles. The van der Waals surface area contributed by atoms with E-state index >= 15 is 0 Å². The second kappa shape index (κ2) is 8.67. The van der Waals surface area contributed by atoms with Crippen molar-refractivity contribution in [2.75, 3.05) is 39.8 Å². The lowest BCUT2D eigenvalue weighted by molar-refractivity contribution is -0.127. The van der Waals surface area contributed by atoms with Gasteiger partial charge in [0.1, 0.15) is 5.75 Å². The summed E-state index contributed by atoms with van der Waals surface area (Å²) in [4.78, 5) is 16.9. The zero-order chi connectivity index (χ0) is 17.5. The van der Waals surface area contributed by atoms with Gasteiger partial charge in [0.05, 0.1) is 11.6 Å². The van der Waals surface area contributed by atoms with Crippen LogP contribution in [0.15, 0.2) is 24.3 Å². The maximum absolute atomic E-state index is 12.2. The Kier molecular flexibility index (Phi) is 6.59. The van der Waals surface area contributed by atoms with Gasteiger partial charge in [-0.25, -0.2) is 0 Å². The van der Waals surface area contributed by atoms with Gasteiger partial charge in [-0.05, 0) is 45.2 Å². The number of likely N-dealkylation sites (N-methyl/N-ethyl adjacent to an activating group) is 1. The quantitative estimate of drug-likeness (QED) is 0.845. The van der Waals surface area contributed by atoms with Crippen LogP contribution >= 0.6 is 0 Å². The molecule has 2 rings (SSSR count). The third kappa shape index (κ3) is 5.22. The third-order valence-electron chi connectivity index (χ3n) is 4.40. The lowest BCUT2D eigenvalue weighted by atomic mass is 10.2. The van der Waals surface area contributed by atoms with Gasteiger partial charge in [-0.1, -0.05) is 0 Å². The van der Waals surface area contributed by atoms with Gasteiger partial charge in [0.15, 0.2) is 6.10 Å². The standard InChI is InChI=1S/C18H26N4O2/c1-14(22-10-8-21(3)9-11-22)13-20-18(23)15(2)24-17-6-4-16(12-19)5-7-17/h4-7,14-15H,8-11,13H2,1-3H3,(H,20,23)/t14-,15-/m0/s1. The average molecular weight is 330 g/mol. The van der Waals surface area contributed by atoms with Gasteiger partial charge >= 0.3 is 0 Å². The van der Waals surface area contributed by atoms with Crippen LogP contribution in [-0.4, -0.2) is 67.6 Å². The van der Waals surface area contributed by atoms with E-state index in [1.807, 2.05) is 0 Å². The SMILES string of the molecule is C[C@H](Oc1ccc(C#N)cc1)C(=O)NC[C@H](C)N1CCN(C)CC1. The first kappa shape index (κ1) is 18.2. The fourth-order valence-electron chi connectivity index (χ4n) is 2.65. The molecule has 1 amide bonds. The Labute approximate surface area is 144 Å². The van der Waals surface area contributed by atoms with Crippen LogP contribution in [0.1, 0.15) is 19.4 Å². The molecule has 0 spiro atoms.